The zero-order valence-corrected chi connectivity index (χ0v) is 19.6. The van der Waals surface area contributed by atoms with Crippen molar-refractivity contribution in [1.29, 1.82) is 0 Å². The molecule has 4 rings (SSSR count). The largest absolute Gasteiger partial charge is 0.305 e. The number of nitrogens with zero attached hydrogens (tertiary/aromatic N) is 2. The Labute approximate surface area is 193 Å². The summed E-state index contributed by atoms with van der Waals surface area (Å²) in [5.74, 6) is 0. The second-order valence-corrected chi connectivity index (χ2v) is 6.95. The van der Waals surface area contributed by atoms with Gasteiger partial charge in [-0.1, -0.05) is 36.8 Å². The molecule has 0 aliphatic carbocycles. The summed E-state index contributed by atoms with van der Waals surface area (Å²) in [6.07, 6.45) is 4.51. The van der Waals surface area contributed by atoms with Crippen LogP contribution in [0, 0.1) is 19.1 Å². The normalized spacial score (nSPS) is 9.67. The van der Waals surface area contributed by atoms with E-state index in [0.717, 1.165) is 28.9 Å². The quantitative estimate of drug-likeness (QED) is 0.207. The van der Waals surface area contributed by atoms with E-state index < -0.39 is 0 Å². The molecule has 2 aromatic carbocycles. The van der Waals surface area contributed by atoms with Gasteiger partial charge < -0.3 is 9.97 Å². The smallest absolute Gasteiger partial charge is 0.0160 e. The molecular weight excluding hydrogens is 545 g/mol. The van der Waals surface area contributed by atoms with E-state index in [4.69, 9.17) is 0 Å². The third kappa shape index (κ3) is 7.18. The monoisotopic (exact) mass is 569 g/mol. The van der Waals surface area contributed by atoms with E-state index in [1.807, 2.05) is 61.5 Å². The van der Waals surface area contributed by atoms with E-state index in [9.17, 15) is 0 Å². The molecule has 0 atom stereocenters. The fourth-order valence-corrected chi connectivity index (χ4v) is 2.78. The van der Waals surface area contributed by atoms with Crippen molar-refractivity contribution >= 4 is 0 Å². The van der Waals surface area contributed by atoms with Gasteiger partial charge in [0.25, 0.3) is 0 Å². The third-order valence-corrected chi connectivity index (χ3v) is 4.23. The molecular formula is C27H24IrN2-2. The van der Waals surface area contributed by atoms with Crippen LogP contribution >= 0.6 is 0 Å². The molecule has 4 aromatic rings. The van der Waals surface area contributed by atoms with E-state index in [0.29, 0.717) is 0 Å². The molecule has 153 valence electrons. The van der Waals surface area contributed by atoms with Gasteiger partial charge in [0.2, 0.25) is 0 Å². The zero-order valence-electron chi connectivity index (χ0n) is 17.2. The maximum Gasteiger partial charge on any atom is 0.0160 e. The average Bonchev–Trinajstić information content (AvgIpc) is 2.76. The van der Waals surface area contributed by atoms with Gasteiger partial charge in [0.1, 0.15) is 0 Å². The summed E-state index contributed by atoms with van der Waals surface area (Å²) in [5, 5.41) is 0. The van der Waals surface area contributed by atoms with E-state index in [-0.39, 0.29) is 20.1 Å². The minimum Gasteiger partial charge on any atom is -0.305 e. The molecule has 0 aliphatic rings. The van der Waals surface area contributed by atoms with Crippen LogP contribution in [0.1, 0.15) is 18.1 Å². The summed E-state index contributed by atoms with van der Waals surface area (Å²) in [7, 11) is 0. The molecule has 0 spiro atoms. The average molecular weight is 569 g/mol. The molecule has 2 nitrogen and oxygen atoms in total. The minimum absolute atomic E-state index is 0. The first-order chi connectivity index (χ1) is 14.1. The van der Waals surface area contributed by atoms with Crippen LogP contribution in [0.15, 0.2) is 97.3 Å². The first-order valence-corrected chi connectivity index (χ1v) is 9.58. The van der Waals surface area contributed by atoms with Gasteiger partial charge in [-0.2, -0.15) is 0 Å². The predicted molar refractivity (Wildman–Crippen MR) is 120 cm³/mol. The molecule has 0 fully saturated rings. The van der Waals surface area contributed by atoms with E-state index in [1.165, 1.54) is 16.7 Å². The molecule has 1 radical (unpaired) electrons. The van der Waals surface area contributed by atoms with Gasteiger partial charge in [-0.3, -0.25) is 0 Å². The van der Waals surface area contributed by atoms with Gasteiger partial charge in [-0.25, -0.2) is 0 Å². The minimum atomic E-state index is 0. The Morgan fingerprint density at radius 3 is 1.77 bits per heavy atom. The maximum absolute atomic E-state index is 4.29. The number of rotatable bonds is 4. The topological polar surface area (TPSA) is 25.8 Å². The number of allylic oxidation sites excluding steroid dienone is 1. The molecule has 0 aliphatic heterocycles. The van der Waals surface area contributed by atoms with Crippen molar-refractivity contribution in [1.82, 2.24) is 9.97 Å². The van der Waals surface area contributed by atoms with Gasteiger partial charge in [-0.15, -0.1) is 77.4 Å². The van der Waals surface area contributed by atoms with Crippen LogP contribution in [0.2, 0.25) is 0 Å². The number of benzene rings is 2. The summed E-state index contributed by atoms with van der Waals surface area (Å²) in [6.45, 7) is 7.99. The summed E-state index contributed by atoms with van der Waals surface area (Å²) >= 11 is 0. The maximum atomic E-state index is 4.29. The van der Waals surface area contributed by atoms with Crippen LogP contribution in [-0.2, 0) is 26.5 Å². The van der Waals surface area contributed by atoms with E-state index in [2.05, 4.69) is 53.8 Å². The van der Waals surface area contributed by atoms with Gasteiger partial charge in [0.05, 0.1) is 0 Å². The number of aryl methyl sites for hydroxylation is 1. The first kappa shape index (κ1) is 23.4. The summed E-state index contributed by atoms with van der Waals surface area (Å²) in [5.41, 5.74) is 7.65. The van der Waals surface area contributed by atoms with Crippen molar-refractivity contribution in [2.45, 2.75) is 20.3 Å². The van der Waals surface area contributed by atoms with Crippen molar-refractivity contribution in [2.75, 3.05) is 0 Å². The second-order valence-electron chi connectivity index (χ2n) is 6.95. The van der Waals surface area contributed by atoms with Crippen molar-refractivity contribution in [3.63, 3.8) is 0 Å². The first-order valence-electron chi connectivity index (χ1n) is 9.58. The molecule has 2 aromatic heterocycles. The van der Waals surface area contributed by atoms with Crippen molar-refractivity contribution in [3.8, 4) is 22.5 Å². The zero-order chi connectivity index (χ0) is 20.5. The molecule has 0 saturated carbocycles. The van der Waals surface area contributed by atoms with Crippen molar-refractivity contribution in [3.05, 3.63) is 121 Å². The van der Waals surface area contributed by atoms with Crippen LogP contribution < -0.4 is 0 Å². The molecule has 0 unspecified atom stereocenters. The summed E-state index contributed by atoms with van der Waals surface area (Å²) in [4.78, 5) is 8.54. The van der Waals surface area contributed by atoms with Gasteiger partial charge >= 0.3 is 0 Å². The van der Waals surface area contributed by atoms with Crippen LogP contribution in [0.3, 0.4) is 0 Å². The Hall–Kier alpha value is -2.87. The Morgan fingerprint density at radius 1 is 0.800 bits per heavy atom. The Kier molecular flexibility index (Phi) is 9.34. The fraction of sp³-hybridized carbons (Fsp3) is 0.111. The number of hydrogen-bond acceptors (Lipinski definition) is 2. The van der Waals surface area contributed by atoms with Gasteiger partial charge in [0, 0.05) is 32.5 Å². The molecule has 2 heterocycles. The SMILES string of the molecule is C=C(C)Cc1c[c-]c(-c2ccccn2)cc1.Cc1c[c-]c(-c2ccccn2)cc1.[Ir]. The summed E-state index contributed by atoms with van der Waals surface area (Å²) in [6, 6.07) is 30.5. The Bertz CT molecular complexity index is 1030. The molecule has 30 heavy (non-hydrogen) atoms. The van der Waals surface area contributed by atoms with Crippen molar-refractivity contribution < 1.29 is 20.1 Å². The van der Waals surface area contributed by atoms with E-state index >= 15 is 0 Å². The van der Waals surface area contributed by atoms with Gasteiger partial charge in [0.15, 0.2) is 0 Å². The molecule has 3 heteroatoms. The molecule has 0 N–H and O–H groups in total. The fourth-order valence-electron chi connectivity index (χ4n) is 2.78. The predicted octanol–water partition coefficient (Wildman–Crippen LogP) is 6.52. The number of aromatic nitrogens is 2. The van der Waals surface area contributed by atoms with Crippen LogP contribution in [0.4, 0.5) is 0 Å². The molecule has 0 saturated heterocycles. The van der Waals surface area contributed by atoms with Crippen molar-refractivity contribution in [2.24, 2.45) is 0 Å². The second kappa shape index (κ2) is 12.0. The summed E-state index contributed by atoms with van der Waals surface area (Å²) < 4.78 is 0. The van der Waals surface area contributed by atoms with E-state index in [1.54, 1.807) is 12.4 Å². The number of pyridine rings is 2. The van der Waals surface area contributed by atoms with Crippen LogP contribution in [0.25, 0.3) is 22.5 Å². The standard InChI is InChI=1S/C15H14N.C12H10N.Ir/c1-12(2)11-13-6-8-14(9-7-13)15-5-3-4-10-16-15;1-10-5-7-11(8-6-10)12-4-2-3-9-13-12;/h3-8,10H,1,11H2,2H3;2-7,9H,1H3;/q2*-1;. The Morgan fingerprint density at radius 2 is 1.37 bits per heavy atom. The third-order valence-electron chi connectivity index (χ3n) is 4.23. The molecule has 0 amide bonds. The van der Waals surface area contributed by atoms with Crippen LogP contribution in [0.5, 0.6) is 0 Å². The molecule has 0 bridgehead atoms. The van der Waals surface area contributed by atoms with Gasteiger partial charge in [-0.05, 0) is 36.9 Å². The van der Waals surface area contributed by atoms with Crippen LogP contribution in [-0.4, -0.2) is 9.97 Å². The number of hydrogen-bond donors (Lipinski definition) is 0. The Balaban J connectivity index is 0.000000211.